The van der Waals surface area contributed by atoms with Gasteiger partial charge in [0.25, 0.3) is 0 Å². The van der Waals surface area contributed by atoms with Gasteiger partial charge in [-0.05, 0) is 48.2 Å². The smallest absolute Gasteiger partial charge is 0.235 e. The number of thiazole rings is 1. The molecule has 1 nitrogen and oxygen atoms in total. The van der Waals surface area contributed by atoms with Crippen LogP contribution in [0.4, 0.5) is 13.2 Å². The summed E-state index contributed by atoms with van der Waals surface area (Å²) >= 11 is 21.2. The summed E-state index contributed by atoms with van der Waals surface area (Å²) in [6.07, 6.45) is -4.52. The lowest BCUT2D eigenvalue weighted by molar-refractivity contribution is -0.137. The predicted octanol–water partition coefficient (Wildman–Crippen LogP) is 8.98. The van der Waals surface area contributed by atoms with Crippen molar-refractivity contribution < 1.29 is 13.2 Å². The van der Waals surface area contributed by atoms with Crippen LogP contribution in [0.2, 0.25) is 15.1 Å². The van der Waals surface area contributed by atoms with Crippen molar-refractivity contribution in [3.63, 3.8) is 0 Å². The fourth-order valence-electron chi connectivity index (χ4n) is 2.87. The van der Waals surface area contributed by atoms with Gasteiger partial charge in [0.1, 0.15) is 5.01 Å². The molecule has 0 radical (unpaired) electrons. The molecule has 9 heteroatoms. The number of hydrogen-bond donors (Lipinski definition) is 0. The SMILES string of the molecule is Cc1c(-c2csc(-c3c(Cl)cc(C(F)(F)F)cc3Cl)n2)sc2ccc(Cl)cc12. The number of alkyl halides is 3. The minimum atomic E-state index is -4.52. The van der Waals surface area contributed by atoms with Crippen molar-refractivity contribution in [3.8, 4) is 21.1 Å². The fraction of sp³-hybridized carbons (Fsp3) is 0.105. The van der Waals surface area contributed by atoms with Gasteiger partial charge in [0, 0.05) is 20.7 Å². The van der Waals surface area contributed by atoms with E-state index in [1.807, 2.05) is 30.5 Å². The molecule has 2 aromatic carbocycles. The maximum Gasteiger partial charge on any atom is 0.416 e. The van der Waals surface area contributed by atoms with Crippen molar-refractivity contribution in [2.75, 3.05) is 0 Å². The molecular formula is C19H9Cl3F3NS2. The summed E-state index contributed by atoms with van der Waals surface area (Å²) in [5.74, 6) is 0. The molecule has 0 aliphatic rings. The van der Waals surface area contributed by atoms with Crippen molar-refractivity contribution in [1.29, 1.82) is 0 Å². The number of nitrogens with zero attached hydrogens (tertiary/aromatic N) is 1. The number of aryl methyl sites for hydroxylation is 1. The minimum absolute atomic E-state index is 0.0828. The van der Waals surface area contributed by atoms with Gasteiger partial charge in [0.2, 0.25) is 0 Å². The first-order chi connectivity index (χ1) is 13.1. The van der Waals surface area contributed by atoms with E-state index in [0.29, 0.717) is 15.6 Å². The molecule has 0 N–H and O–H groups in total. The molecule has 28 heavy (non-hydrogen) atoms. The lowest BCUT2D eigenvalue weighted by atomic mass is 10.1. The number of fused-ring (bicyclic) bond motifs is 1. The molecule has 0 aliphatic carbocycles. The van der Waals surface area contributed by atoms with Gasteiger partial charge in [-0.15, -0.1) is 22.7 Å². The zero-order chi connectivity index (χ0) is 20.2. The summed E-state index contributed by atoms with van der Waals surface area (Å²) in [6, 6.07) is 7.43. The highest BCUT2D eigenvalue weighted by molar-refractivity contribution is 7.23. The Labute approximate surface area is 181 Å². The number of halogens is 6. The highest BCUT2D eigenvalue weighted by atomic mass is 35.5. The van der Waals surface area contributed by atoms with Crippen LogP contribution < -0.4 is 0 Å². The average molecular weight is 479 g/mol. The Morgan fingerprint density at radius 1 is 1.00 bits per heavy atom. The Morgan fingerprint density at radius 3 is 2.32 bits per heavy atom. The van der Waals surface area contributed by atoms with Gasteiger partial charge in [-0.1, -0.05) is 34.8 Å². The van der Waals surface area contributed by atoms with Crippen molar-refractivity contribution in [1.82, 2.24) is 4.98 Å². The highest BCUT2D eigenvalue weighted by Gasteiger charge is 2.32. The number of rotatable bonds is 2. The van der Waals surface area contributed by atoms with Gasteiger partial charge >= 0.3 is 6.18 Å². The van der Waals surface area contributed by atoms with E-state index in [-0.39, 0.29) is 10.0 Å². The van der Waals surface area contributed by atoms with E-state index < -0.39 is 11.7 Å². The van der Waals surface area contributed by atoms with Crippen LogP contribution in [0.1, 0.15) is 11.1 Å². The third kappa shape index (κ3) is 3.53. The summed E-state index contributed by atoms with van der Waals surface area (Å²) in [4.78, 5) is 5.56. The molecule has 4 aromatic rings. The predicted molar refractivity (Wildman–Crippen MR) is 113 cm³/mol. The maximum atomic E-state index is 12.9. The highest BCUT2D eigenvalue weighted by Crippen LogP contribution is 2.44. The molecule has 2 aromatic heterocycles. The van der Waals surface area contributed by atoms with Gasteiger partial charge < -0.3 is 0 Å². The fourth-order valence-corrected chi connectivity index (χ4v) is 5.93. The van der Waals surface area contributed by atoms with Crippen molar-refractivity contribution in [2.45, 2.75) is 13.1 Å². The van der Waals surface area contributed by atoms with E-state index in [1.165, 1.54) is 11.3 Å². The van der Waals surface area contributed by atoms with Crippen LogP contribution in [0, 0.1) is 6.92 Å². The third-order valence-corrected chi connectivity index (χ3v) is 7.20. The van der Waals surface area contributed by atoms with Crippen LogP contribution in [0.15, 0.2) is 35.7 Å². The third-order valence-electron chi connectivity index (χ3n) is 4.22. The normalized spacial score (nSPS) is 12.1. The van der Waals surface area contributed by atoms with E-state index in [0.717, 1.165) is 38.4 Å². The summed E-state index contributed by atoms with van der Waals surface area (Å²) < 4.78 is 39.9. The summed E-state index contributed by atoms with van der Waals surface area (Å²) in [5, 5.41) is 3.85. The second-order valence-corrected chi connectivity index (χ2v) is 9.21. The largest absolute Gasteiger partial charge is 0.416 e. The van der Waals surface area contributed by atoms with Crippen molar-refractivity contribution in [2.24, 2.45) is 0 Å². The monoisotopic (exact) mass is 477 g/mol. The van der Waals surface area contributed by atoms with Gasteiger partial charge in [-0.25, -0.2) is 4.98 Å². The topological polar surface area (TPSA) is 12.9 Å². The summed E-state index contributed by atoms with van der Waals surface area (Å²) in [7, 11) is 0. The van der Waals surface area contributed by atoms with Crippen LogP contribution >= 0.6 is 57.5 Å². The van der Waals surface area contributed by atoms with Crippen molar-refractivity contribution in [3.05, 3.63) is 61.9 Å². The quantitative estimate of drug-likeness (QED) is 0.280. The Bertz CT molecular complexity index is 1190. The van der Waals surface area contributed by atoms with Crippen LogP contribution in [0.3, 0.4) is 0 Å². The Morgan fingerprint density at radius 2 is 1.68 bits per heavy atom. The lowest BCUT2D eigenvalue weighted by Gasteiger charge is -2.10. The first-order valence-corrected chi connectivity index (χ1v) is 10.7. The minimum Gasteiger partial charge on any atom is -0.235 e. The molecular weight excluding hydrogens is 470 g/mol. The van der Waals surface area contributed by atoms with E-state index in [2.05, 4.69) is 4.98 Å². The number of hydrogen-bond acceptors (Lipinski definition) is 3. The first kappa shape index (κ1) is 20.0. The summed E-state index contributed by atoms with van der Waals surface area (Å²) in [6.45, 7) is 1.99. The van der Waals surface area contributed by atoms with Crippen LogP contribution in [-0.2, 0) is 6.18 Å². The molecule has 144 valence electrons. The Kier molecular flexibility index (Phi) is 5.13. The second-order valence-electron chi connectivity index (χ2n) is 6.05. The molecule has 0 spiro atoms. The Balaban J connectivity index is 1.80. The second kappa shape index (κ2) is 7.18. The molecule has 0 unspecified atom stereocenters. The zero-order valence-electron chi connectivity index (χ0n) is 14.0. The Hall–Kier alpha value is -1.31. The van der Waals surface area contributed by atoms with Crippen LogP contribution in [-0.4, -0.2) is 4.98 Å². The van der Waals surface area contributed by atoms with Crippen LogP contribution in [0.25, 0.3) is 31.2 Å². The van der Waals surface area contributed by atoms with Gasteiger partial charge in [-0.3, -0.25) is 0 Å². The van der Waals surface area contributed by atoms with Gasteiger partial charge in [0.15, 0.2) is 0 Å². The molecule has 0 amide bonds. The van der Waals surface area contributed by atoms with Crippen LogP contribution in [0.5, 0.6) is 0 Å². The van der Waals surface area contributed by atoms with Gasteiger partial charge in [-0.2, -0.15) is 13.2 Å². The van der Waals surface area contributed by atoms with Gasteiger partial charge in [0.05, 0.1) is 26.2 Å². The average Bonchev–Trinajstić information content (AvgIpc) is 3.19. The number of thiophene rings is 1. The molecule has 0 saturated carbocycles. The van der Waals surface area contributed by atoms with Crippen molar-refractivity contribution >= 4 is 67.6 Å². The standard InChI is InChI=1S/C19H9Cl3F3NS2/c1-8-11-6-10(20)2-3-15(11)28-17(8)14-7-27-18(26-14)16-12(21)4-9(5-13(16)22)19(23,24)25/h2-7H,1H3. The van der Waals surface area contributed by atoms with E-state index in [1.54, 1.807) is 11.3 Å². The van der Waals surface area contributed by atoms with E-state index >= 15 is 0 Å². The molecule has 4 rings (SSSR count). The van der Waals surface area contributed by atoms with E-state index in [4.69, 9.17) is 34.8 Å². The molecule has 0 aliphatic heterocycles. The van der Waals surface area contributed by atoms with E-state index in [9.17, 15) is 13.2 Å². The summed E-state index contributed by atoms with van der Waals surface area (Å²) in [5.41, 5.74) is 1.18. The molecule has 0 saturated heterocycles. The zero-order valence-corrected chi connectivity index (χ0v) is 17.9. The molecule has 0 atom stereocenters. The molecule has 0 bridgehead atoms. The number of benzene rings is 2. The molecule has 2 heterocycles. The maximum absolute atomic E-state index is 12.9. The molecule has 0 fully saturated rings. The first-order valence-electron chi connectivity index (χ1n) is 7.86. The number of aromatic nitrogens is 1. The lowest BCUT2D eigenvalue weighted by Crippen LogP contribution is -2.05.